The van der Waals surface area contributed by atoms with Gasteiger partial charge in [-0.1, -0.05) is 32.6 Å². The van der Waals surface area contributed by atoms with E-state index in [1.807, 2.05) is 0 Å². The summed E-state index contributed by atoms with van der Waals surface area (Å²) in [5.41, 5.74) is 4.67. The SMILES string of the molecule is CC(N)O.CCCCCCCC(=O)O.O=C(O)CC(O)C(=O)O. The second-order valence-electron chi connectivity index (χ2n) is 4.75. The topological polar surface area (TPSA) is 178 Å². The molecule has 0 aliphatic rings. The lowest BCUT2D eigenvalue weighted by Crippen LogP contribution is -2.22. The molecular weight excluding hydrogens is 310 g/mol. The van der Waals surface area contributed by atoms with E-state index in [0.717, 1.165) is 12.8 Å². The van der Waals surface area contributed by atoms with Crippen LogP contribution in [0.2, 0.25) is 0 Å². The molecule has 0 saturated heterocycles. The van der Waals surface area contributed by atoms with E-state index in [4.69, 9.17) is 25.5 Å². The monoisotopic (exact) mass is 339 g/mol. The first-order valence-electron chi connectivity index (χ1n) is 7.32. The Hall–Kier alpha value is -1.71. The van der Waals surface area contributed by atoms with Crippen LogP contribution in [0.3, 0.4) is 0 Å². The molecule has 0 aromatic heterocycles. The van der Waals surface area contributed by atoms with Gasteiger partial charge in [-0.2, -0.15) is 0 Å². The lowest BCUT2D eigenvalue weighted by atomic mass is 10.1. The second kappa shape index (κ2) is 18.3. The molecule has 0 bridgehead atoms. The molecule has 7 N–H and O–H groups in total. The molecule has 0 heterocycles. The summed E-state index contributed by atoms with van der Waals surface area (Å²) in [7, 11) is 0. The van der Waals surface area contributed by atoms with Crippen molar-refractivity contribution in [1.29, 1.82) is 0 Å². The lowest BCUT2D eigenvalue weighted by Gasteiger charge is -1.97. The Morgan fingerprint density at radius 2 is 1.35 bits per heavy atom. The van der Waals surface area contributed by atoms with Gasteiger partial charge in [0.1, 0.15) is 0 Å². The first kappa shape index (κ1) is 26.2. The summed E-state index contributed by atoms with van der Waals surface area (Å²) in [4.78, 5) is 29.4. The average Bonchev–Trinajstić information content (AvgIpc) is 2.37. The number of rotatable bonds is 9. The fourth-order valence-electron chi connectivity index (χ4n) is 1.13. The van der Waals surface area contributed by atoms with Crippen molar-refractivity contribution in [2.45, 2.75) is 71.1 Å². The highest BCUT2D eigenvalue weighted by Gasteiger charge is 2.16. The van der Waals surface area contributed by atoms with Crippen LogP contribution < -0.4 is 5.73 Å². The third-order valence-electron chi connectivity index (χ3n) is 2.15. The Bertz CT molecular complexity index is 317. The molecule has 0 rings (SSSR count). The van der Waals surface area contributed by atoms with Crippen molar-refractivity contribution in [1.82, 2.24) is 0 Å². The first-order chi connectivity index (χ1) is 10.5. The van der Waals surface area contributed by atoms with Gasteiger partial charge < -0.3 is 31.3 Å². The number of aliphatic hydroxyl groups is 2. The maximum absolute atomic E-state index is 10.0. The number of hydrogen-bond donors (Lipinski definition) is 6. The Morgan fingerprint density at radius 1 is 0.913 bits per heavy atom. The number of carboxylic acid groups (broad SMARTS) is 3. The maximum Gasteiger partial charge on any atom is 0.333 e. The summed E-state index contributed by atoms with van der Waals surface area (Å²) in [6.45, 7) is 3.65. The van der Waals surface area contributed by atoms with E-state index in [9.17, 15) is 14.4 Å². The lowest BCUT2D eigenvalue weighted by molar-refractivity contribution is -0.152. The number of aliphatic hydroxyl groups excluding tert-OH is 2. The third-order valence-corrected chi connectivity index (χ3v) is 2.15. The number of nitrogens with two attached hydrogens (primary N) is 1. The molecule has 0 aromatic carbocycles. The predicted octanol–water partition coefficient (Wildman–Crippen LogP) is 0.621. The second-order valence-corrected chi connectivity index (χ2v) is 4.75. The van der Waals surface area contributed by atoms with Crippen molar-refractivity contribution in [3.8, 4) is 0 Å². The van der Waals surface area contributed by atoms with Gasteiger partial charge >= 0.3 is 17.9 Å². The Morgan fingerprint density at radius 3 is 1.61 bits per heavy atom. The predicted molar refractivity (Wildman–Crippen MR) is 82.8 cm³/mol. The van der Waals surface area contributed by atoms with Crippen LogP contribution in [0.15, 0.2) is 0 Å². The number of hydrogen-bond acceptors (Lipinski definition) is 6. The van der Waals surface area contributed by atoms with E-state index in [1.54, 1.807) is 0 Å². The molecule has 0 aromatic rings. The molecule has 9 nitrogen and oxygen atoms in total. The minimum absolute atomic E-state index is 0.337. The number of carboxylic acids is 3. The van der Waals surface area contributed by atoms with Crippen molar-refractivity contribution in [3.63, 3.8) is 0 Å². The molecule has 0 spiro atoms. The quantitative estimate of drug-likeness (QED) is 0.259. The summed E-state index contributed by atoms with van der Waals surface area (Å²) in [5, 5.41) is 40.2. The zero-order chi connectivity index (χ0) is 18.8. The Labute approximate surface area is 135 Å². The maximum atomic E-state index is 10.0. The van der Waals surface area contributed by atoms with E-state index in [2.05, 4.69) is 12.7 Å². The van der Waals surface area contributed by atoms with E-state index in [0.29, 0.717) is 6.42 Å². The molecule has 0 aliphatic heterocycles. The summed E-state index contributed by atoms with van der Waals surface area (Å²) < 4.78 is 0. The van der Waals surface area contributed by atoms with Crippen LogP contribution in [-0.2, 0) is 14.4 Å². The summed E-state index contributed by atoms with van der Waals surface area (Å²) in [5.74, 6) is -3.52. The third kappa shape index (κ3) is 38.4. The van der Waals surface area contributed by atoms with Crippen molar-refractivity contribution in [3.05, 3.63) is 0 Å². The van der Waals surface area contributed by atoms with Crippen LogP contribution in [0.5, 0.6) is 0 Å². The van der Waals surface area contributed by atoms with Crippen LogP contribution >= 0.6 is 0 Å². The van der Waals surface area contributed by atoms with Gasteiger partial charge in [0, 0.05) is 6.42 Å². The highest BCUT2D eigenvalue weighted by atomic mass is 16.4. The average molecular weight is 339 g/mol. The van der Waals surface area contributed by atoms with E-state index >= 15 is 0 Å². The van der Waals surface area contributed by atoms with Gasteiger partial charge in [0.15, 0.2) is 6.10 Å². The molecule has 23 heavy (non-hydrogen) atoms. The molecule has 0 aliphatic carbocycles. The van der Waals surface area contributed by atoms with E-state index < -0.39 is 36.7 Å². The van der Waals surface area contributed by atoms with Crippen LogP contribution in [0.1, 0.15) is 58.8 Å². The number of aliphatic carboxylic acids is 3. The van der Waals surface area contributed by atoms with Gasteiger partial charge in [0.2, 0.25) is 0 Å². The summed E-state index contributed by atoms with van der Waals surface area (Å²) in [6.07, 6.45) is 2.67. The molecule has 0 amide bonds. The molecule has 138 valence electrons. The van der Waals surface area contributed by atoms with Crippen LogP contribution in [0, 0.1) is 0 Å². The molecule has 2 unspecified atom stereocenters. The highest BCUT2D eigenvalue weighted by molar-refractivity contribution is 5.79. The Balaban J connectivity index is -0.000000284. The van der Waals surface area contributed by atoms with Gasteiger partial charge in [-0.05, 0) is 13.3 Å². The largest absolute Gasteiger partial charge is 0.481 e. The molecule has 2 atom stereocenters. The van der Waals surface area contributed by atoms with Crippen molar-refractivity contribution < 1.29 is 39.9 Å². The Kier molecular flexibility index (Phi) is 20.9. The van der Waals surface area contributed by atoms with Gasteiger partial charge in [0.05, 0.1) is 12.6 Å². The zero-order valence-corrected chi connectivity index (χ0v) is 13.6. The van der Waals surface area contributed by atoms with Gasteiger partial charge in [-0.3, -0.25) is 9.59 Å². The first-order valence-corrected chi connectivity index (χ1v) is 7.32. The van der Waals surface area contributed by atoms with E-state index in [-0.39, 0.29) is 0 Å². The minimum Gasteiger partial charge on any atom is -0.481 e. The van der Waals surface area contributed by atoms with Crippen LogP contribution in [0.25, 0.3) is 0 Å². The number of unbranched alkanes of at least 4 members (excludes halogenated alkanes) is 4. The van der Waals surface area contributed by atoms with Gasteiger partial charge in [0.25, 0.3) is 0 Å². The van der Waals surface area contributed by atoms with Crippen LogP contribution in [-0.4, -0.2) is 55.8 Å². The van der Waals surface area contributed by atoms with Crippen molar-refractivity contribution in [2.24, 2.45) is 5.73 Å². The number of carbonyl (C=O) groups is 3. The highest BCUT2D eigenvalue weighted by Crippen LogP contribution is 2.04. The fraction of sp³-hybridized carbons (Fsp3) is 0.786. The molecule has 9 heteroatoms. The van der Waals surface area contributed by atoms with Crippen LogP contribution in [0.4, 0.5) is 0 Å². The van der Waals surface area contributed by atoms with Gasteiger partial charge in [-0.25, -0.2) is 4.79 Å². The molecule has 0 radical (unpaired) electrons. The van der Waals surface area contributed by atoms with E-state index in [1.165, 1.54) is 26.2 Å². The molecular formula is C14H29NO8. The minimum atomic E-state index is -1.79. The smallest absolute Gasteiger partial charge is 0.333 e. The summed E-state index contributed by atoms with van der Waals surface area (Å²) in [6, 6.07) is 0. The normalized spacial score (nSPS) is 11.9. The standard InChI is InChI=1S/C8H16O2.C4H6O5.C2H7NO/c1-2-3-4-5-6-7-8(9)10;5-2(4(8)9)1-3(6)7;1-2(3)4/h2-7H2,1H3,(H,9,10);2,5H,1H2,(H,6,7)(H,8,9);2,4H,3H2,1H3. The van der Waals surface area contributed by atoms with Gasteiger partial charge in [-0.15, -0.1) is 0 Å². The van der Waals surface area contributed by atoms with Crippen molar-refractivity contribution >= 4 is 17.9 Å². The summed E-state index contributed by atoms with van der Waals surface area (Å²) >= 11 is 0. The molecule has 0 saturated carbocycles. The van der Waals surface area contributed by atoms with Crippen molar-refractivity contribution in [2.75, 3.05) is 0 Å². The zero-order valence-electron chi connectivity index (χ0n) is 13.6. The fourth-order valence-corrected chi connectivity index (χ4v) is 1.13. The molecule has 0 fully saturated rings.